The van der Waals surface area contributed by atoms with Crippen LogP contribution in [0.25, 0.3) is 16.8 Å². The fourth-order valence-corrected chi connectivity index (χ4v) is 3.56. The van der Waals surface area contributed by atoms with E-state index in [1.165, 1.54) is 22.8 Å². The van der Waals surface area contributed by atoms with Crippen molar-refractivity contribution >= 4 is 17.5 Å². The monoisotopic (exact) mass is 509 g/mol. The number of rotatable bonds is 7. The molecule has 0 saturated carbocycles. The minimum atomic E-state index is -3.99. The Labute approximate surface area is 199 Å². The summed E-state index contributed by atoms with van der Waals surface area (Å²) in [6, 6.07) is 8.11. The number of carbonyl (C=O) groups is 1. The van der Waals surface area contributed by atoms with Crippen LogP contribution in [0.3, 0.4) is 0 Å². The highest BCUT2D eigenvalue weighted by Crippen LogP contribution is 2.34. The van der Waals surface area contributed by atoms with E-state index in [2.05, 4.69) is 10.1 Å². The van der Waals surface area contributed by atoms with Gasteiger partial charge in [0, 0.05) is 17.3 Å². The van der Waals surface area contributed by atoms with E-state index in [-0.39, 0.29) is 28.3 Å². The number of nitrogens with one attached hydrogen (secondary N) is 1. The molecule has 7 nitrogen and oxygen atoms in total. The van der Waals surface area contributed by atoms with Crippen molar-refractivity contribution in [3.05, 3.63) is 83.1 Å². The number of halogens is 6. The molecule has 0 aliphatic heterocycles. The van der Waals surface area contributed by atoms with Gasteiger partial charge in [0.2, 0.25) is 5.95 Å². The van der Waals surface area contributed by atoms with E-state index >= 15 is 4.39 Å². The molecule has 0 radical (unpaired) electrons. The third kappa shape index (κ3) is 4.82. The lowest BCUT2D eigenvalue weighted by atomic mass is 9.97. The van der Waals surface area contributed by atoms with Crippen LogP contribution >= 0.6 is 0 Å². The van der Waals surface area contributed by atoms with Gasteiger partial charge in [-0.3, -0.25) is 4.79 Å². The molecule has 0 bridgehead atoms. The summed E-state index contributed by atoms with van der Waals surface area (Å²) in [6.45, 7) is -1.51. The summed E-state index contributed by atoms with van der Waals surface area (Å²) in [7, 11) is 0. The summed E-state index contributed by atoms with van der Waals surface area (Å²) >= 11 is 0. The Kier molecular flexibility index (Phi) is 6.59. The quantitative estimate of drug-likeness (QED) is 0.323. The zero-order valence-corrected chi connectivity index (χ0v) is 18.1. The minimum Gasteiger partial charge on any atom is -0.382 e. The van der Waals surface area contributed by atoms with Crippen LogP contribution in [0.15, 0.2) is 54.7 Å². The van der Waals surface area contributed by atoms with E-state index in [1.807, 2.05) is 0 Å². The molecule has 4 rings (SSSR count). The molecule has 4 aromatic rings. The molecule has 2 aromatic carbocycles. The molecule has 2 aromatic heterocycles. The number of nitrogens with two attached hydrogens (primary N) is 1. The van der Waals surface area contributed by atoms with Gasteiger partial charge < -0.3 is 16.2 Å². The van der Waals surface area contributed by atoms with E-state index in [4.69, 9.17) is 5.73 Å². The molecule has 36 heavy (non-hydrogen) atoms. The summed E-state index contributed by atoms with van der Waals surface area (Å²) in [5.41, 5.74) is 3.10. The number of aliphatic hydroxyl groups excluding tert-OH is 1. The average Bonchev–Trinajstić information content (AvgIpc) is 3.21. The van der Waals surface area contributed by atoms with Crippen LogP contribution in [0.1, 0.15) is 34.0 Å². The number of alkyl halides is 4. The standard InChI is InChI=1S/C23H17F6N5O2/c24-13-3-1-11(2-4-13)19(35)23(28,29)10-31-21(36)17-15(20(26)27)6-5-14(18(17)25)12-7-8-34-16(9-12)32-22(30)33-34/h1-9,19-20,35H,10H2,(H2,30,33)(H,31,36)/t19-/m0/s1. The Morgan fingerprint density at radius 2 is 1.81 bits per heavy atom. The van der Waals surface area contributed by atoms with Crippen LogP contribution in [0.4, 0.5) is 32.3 Å². The van der Waals surface area contributed by atoms with Crippen molar-refractivity contribution in [1.82, 2.24) is 19.9 Å². The minimum absolute atomic E-state index is 0.0653. The van der Waals surface area contributed by atoms with Crippen molar-refractivity contribution in [2.45, 2.75) is 18.5 Å². The molecule has 13 heteroatoms. The number of nitrogen functional groups attached to an aromatic ring is 1. The Morgan fingerprint density at radius 3 is 2.47 bits per heavy atom. The predicted octanol–water partition coefficient (Wildman–Crippen LogP) is 4.29. The molecule has 0 unspecified atom stereocenters. The van der Waals surface area contributed by atoms with Crippen LogP contribution in [0.5, 0.6) is 0 Å². The second kappa shape index (κ2) is 9.49. The van der Waals surface area contributed by atoms with E-state index in [9.17, 15) is 31.9 Å². The van der Waals surface area contributed by atoms with Gasteiger partial charge in [-0.15, -0.1) is 5.10 Å². The first-order valence-electron chi connectivity index (χ1n) is 10.3. The van der Waals surface area contributed by atoms with Gasteiger partial charge in [0.1, 0.15) is 17.7 Å². The van der Waals surface area contributed by atoms with E-state index in [0.29, 0.717) is 0 Å². The molecule has 0 fully saturated rings. The molecule has 188 valence electrons. The van der Waals surface area contributed by atoms with Crippen molar-refractivity contribution in [2.24, 2.45) is 0 Å². The second-order valence-electron chi connectivity index (χ2n) is 7.78. The summed E-state index contributed by atoms with van der Waals surface area (Å²) in [6.07, 6.45) is -4.36. The number of nitrogens with zero attached hydrogens (tertiary/aromatic N) is 3. The van der Waals surface area contributed by atoms with Crippen LogP contribution < -0.4 is 11.1 Å². The summed E-state index contributed by atoms with van der Waals surface area (Å²) < 4.78 is 85.8. The highest BCUT2D eigenvalue weighted by molar-refractivity contribution is 5.97. The molecule has 1 amide bonds. The number of benzene rings is 2. The molecule has 0 aliphatic rings. The van der Waals surface area contributed by atoms with Crippen LogP contribution in [-0.2, 0) is 0 Å². The van der Waals surface area contributed by atoms with Crippen molar-refractivity contribution < 1.29 is 36.2 Å². The number of anilines is 1. The molecular formula is C23H17F6N5O2. The number of fused-ring (bicyclic) bond motifs is 1. The van der Waals surface area contributed by atoms with Gasteiger partial charge in [0.05, 0.1) is 12.1 Å². The fourth-order valence-electron chi connectivity index (χ4n) is 3.56. The van der Waals surface area contributed by atoms with Gasteiger partial charge in [-0.2, -0.15) is 4.98 Å². The van der Waals surface area contributed by atoms with E-state index in [0.717, 1.165) is 36.4 Å². The zero-order valence-electron chi connectivity index (χ0n) is 18.1. The Balaban J connectivity index is 1.63. The number of aromatic nitrogens is 3. The topological polar surface area (TPSA) is 106 Å². The first kappa shape index (κ1) is 25.0. The molecule has 0 saturated heterocycles. The molecular weight excluding hydrogens is 492 g/mol. The number of hydrogen-bond donors (Lipinski definition) is 3. The lowest BCUT2D eigenvalue weighted by Crippen LogP contribution is -2.41. The van der Waals surface area contributed by atoms with E-state index in [1.54, 1.807) is 5.32 Å². The van der Waals surface area contributed by atoms with Gasteiger partial charge in [-0.1, -0.05) is 24.3 Å². The molecule has 0 aliphatic carbocycles. The van der Waals surface area contributed by atoms with Gasteiger partial charge in [0.25, 0.3) is 18.3 Å². The maximum absolute atomic E-state index is 15.4. The SMILES string of the molecule is Nc1nc2cc(-c3ccc(C(F)F)c(C(=O)NCC(F)(F)[C@@H](O)c4ccc(F)cc4)c3F)ccn2n1. The lowest BCUT2D eigenvalue weighted by Gasteiger charge is -2.23. The highest BCUT2D eigenvalue weighted by Gasteiger charge is 2.40. The number of pyridine rings is 1. The summed E-state index contributed by atoms with van der Waals surface area (Å²) in [4.78, 5) is 16.6. The third-order valence-electron chi connectivity index (χ3n) is 5.37. The molecule has 4 N–H and O–H groups in total. The Bertz CT molecular complexity index is 1420. The maximum atomic E-state index is 15.4. The maximum Gasteiger partial charge on any atom is 0.294 e. The second-order valence-corrected chi connectivity index (χ2v) is 7.78. The van der Waals surface area contributed by atoms with Gasteiger partial charge in [0.15, 0.2) is 5.65 Å². The van der Waals surface area contributed by atoms with Gasteiger partial charge >= 0.3 is 0 Å². The number of aliphatic hydroxyl groups is 1. The average molecular weight is 509 g/mol. The number of carbonyl (C=O) groups excluding carboxylic acids is 1. The van der Waals surface area contributed by atoms with Crippen LogP contribution in [-0.4, -0.2) is 38.1 Å². The summed E-state index contributed by atoms with van der Waals surface area (Å²) in [5.74, 6) is -7.69. The molecule has 1 atom stereocenters. The van der Waals surface area contributed by atoms with Gasteiger partial charge in [-0.25, -0.2) is 30.9 Å². The van der Waals surface area contributed by atoms with Crippen molar-refractivity contribution in [3.8, 4) is 11.1 Å². The predicted molar refractivity (Wildman–Crippen MR) is 116 cm³/mol. The molecule has 0 spiro atoms. The normalized spacial score (nSPS) is 12.8. The lowest BCUT2D eigenvalue weighted by molar-refractivity contribution is -0.106. The number of amides is 1. The van der Waals surface area contributed by atoms with Crippen molar-refractivity contribution in [2.75, 3.05) is 12.3 Å². The third-order valence-corrected chi connectivity index (χ3v) is 5.37. The van der Waals surface area contributed by atoms with Crippen LogP contribution in [0.2, 0.25) is 0 Å². The smallest absolute Gasteiger partial charge is 0.294 e. The van der Waals surface area contributed by atoms with Gasteiger partial charge in [-0.05, 0) is 35.4 Å². The Hall–Kier alpha value is -4.13. The zero-order chi connectivity index (χ0) is 26.2. The fraction of sp³-hybridized carbons (Fsp3) is 0.174. The van der Waals surface area contributed by atoms with Crippen LogP contribution in [0, 0.1) is 11.6 Å². The van der Waals surface area contributed by atoms with Crippen molar-refractivity contribution in [3.63, 3.8) is 0 Å². The van der Waals surface area contributed by atoms with E-state index < -0.39 is 53.7 Å². The first-order chi connectivity index (χ1) is 17.0. The number of hydrogen-bond acceptors (Lipinski definition) is 5. The Morgan fingerprint density at radius 1 is 1.11 bits per heavy atom. The van der Waals surface area contributed by atoms with Crippen molar-refractivity contribution in [1.29, 1.82) is 0 Å². The molecule has 2 heterocycles. The highest BCUT2D eigenvalue weighted by atomic mass is 19.3. The first-order valence-corrected chi connectivity index (χ1v) is 10.3. The summed E-state index contributed by atoms with van der Waals surface area (Å²) in [5, 5.41) is 15.5. The largest absolute Gasteiger partial charge is 0.382 e.